The van der Waals surface area contributed by atoms with E-state index in [1.54, 1.807) is 54.7 Å². The van der Waals surface area contributed by atoms with Gasteiger partial charge in [0.05, 0.1) is 32.5 Å². The number of fused-ring (bicyclic) bond motifs is 1. The molecule has 6 heteroatoms. The van der Waals surface area contributed by atoms with E-state index in [0.717, 1.165) is 5.56 Å². The van der Waals surface area contributed by atoms with E-state index in [9.17, 15) is 9.59 Å². The van der Waals surface area contributed by atoms with Crippen molar-refractivity contribution < 1.29 is 9.59 Å². The molecular formula is C22H14Cl2N2O2. The number of aryl methyl sites for hydroxylation is 1. The number of carbonyl (C=O) groups excluding carboxylic acids is 2. The number of aliphatic imine (C=N–C) groups is 1. The van der Waals surface area contributed by atoms with Gasteiger partial charge in [-0.25, -0.2) is 4.90 Å². The lowest BCUT2D eigenvalue weighted by molar-refractivity contribution is 0.0926. The second-order valence-electron chi connectivity index (χ2n) is 6.40. The summed E-state index contributed by atoms with van der Waals surface area (Å²) in [5, 5.41) is 0.962. The standard InChI is InChI=1S/C22H14Cl2N2O2/c1-13-5-8-15(9-6-13)26-21(27)16-10-7-14(11-17(16)22(26)28)25-12-18-19(23)3-2-4-20(18)24/h2-12H,1H3. The molecule has 0 atom stereocenters. The lowest BCUT2D eigenvalue weighted by atomic mass is 10.1. The fourth-order valence-corrected chi connectivity index (χ4v) is 3.51. The predicted octanol–water partition coefficient (Wildman–Crippen LogP) is 5.85. The first-order valence-corrected chi connectivity index (χ1v) is 9.29. The molecule has 1 aliphatic rings. The van der Waals surface area contributed by atoms with Crippen LogP contribution in [0.4, 0.5) is 11.4 Å². The number of rotatable bonds is 3. The van der Waals surface area contributed by atoms with Crippen LogP contribution in [-0.2, 0) is 0 Å². The molecule has 4 nitrogen and oxygen atoms in total. The van der Waals surface area contributed by atoms with Gasteiger partial charge in [0.25, 0.3) is 11.8 Å². The third kappa shape index (κ3) is 3.21. The number of halogens is 2. The van der Waals surface area contributed by atoms with Gasteiger partial charge in [-0.05, 0) is 49.4 Å². The van der Waals surface area contributed by atoms with Crippen LogP contribution in [0.25, 0.3) is 0 Å². The van der Waals surface area contributed by atoms with Crippen LogP contribution in [0.15, 0.2) is 65.7 Å². The third-order valence-corrected chi connectivity index (χ3v) is 5.16. The summed E-state index contributed by atoms with van der Waals surface area (Å²) in [7, 11) is 0. The summed E-state index contributed by atoms with van der Waals surface area (Å²) in [6.07, 6.45) is 1.55. The number of anilines is 1. The first-order valence-electron chi connectivity index (χ1n) is 8.53. The lowest BCUT2D eigenvalue weighted by Gasteiger charge is -2.13. The molecule has 3 aromatic carbocycles. The average molecular weight is 409 g/mol. The molecule has 1 heterocycles. The SMILES string of the molecule is Cc1ccc(N2C(=O)c3ccc(N=Cc4c(Cl)cccc4Cl)cc3C2=O)cc1. The molecule has 1 aliphatic heterocycles. The van der Waals surface area contributed by atoms with Crippen molar-refractivity contribution in [2.45, 2.75) is 6.92 Å². The van der Waals surface area contributed by atoms with Crippen LogP contribution in [-0.4, -0.2) is 18.0 Å². The highest BCUT2D eigenvalue weighted by molar-refractivity contribution is 6.38. The van der Waals surface area contributed by atoms with E-state index < -0.39 is 0 Å². The van der Waals surface area contributed by atoms with E-state index in [-0.39, 0.29) is 11.8 Å². The maximum Gasteiger partial charge on any atom is 0.266 e. The molecule has 0 saturated heterocycles. The molecule has 0 N–H and O–H groups in total. The maximum atomic E-state index is 12.8. The zero-order chi connectivity index (χ0) is 19.8. The number of benzene rings is 3. The number of imide groups is 1. The number of nitrogens with zero attached hydrogens (tertiary/aromatic N) is 2. The van der Waals surface area contributed by atoms with Crippen molar-refractivity contribution in [1.29, 1.82) is 0 Å². The minimum atomic E-state index is -0.364. The van der Waals surface area contributed by atoms with E-state index in [4.69, 9.17) is 23.2 Å². The Kier molecular flexibility index (Phi) is 4.75. The Balaban J connectivity index is 1.67. The van der Waals surface area contributed by atoms with Crippen molar-refractivity contribution in [3.63, 3.8) is 0 Å². The number of amides is 2. The van der Waals surface area contributed by atoms with E-state index in [1.165, 1.54) is 4.90 Å². The van der Waals surface area contributed by atoms with Gasteiger partial charge in [-0.15, -0.1) is 0 Å². The zero-order valence-electron chi connectivity index (χ0n) is 14.8. The first kappa shape index (κ1) is 18.4. The van der Waals surface area contributed by atoms with Crippen molar-refractivity contribution in [2.75, 3.05) is 4.90 Å². The van der Waals surface area contributed by atoms with Gasteiger partial charge in [-0.2, -0.15) is 0 Å². The summed E-state index contributed by atoms with van der Waals surface area (Å²) in [6, 6.07) is 17.3. The second kappa shape index (κ2) is 7.23. The number of hydrogen-bond donors (Lipinski definition) is 0. The van der Waals surface area contributed by atoms with Crippen LogP contribution in [0.5, 0.6) is 0 Å². The van der Waals surface area contributed by atoms with E-state index >= 15 is 0 Å². The third-order valence-electron chi connectivity index (χ3n) is 4.50. The average Bonchev–Trinajstić information content (AvgIpc) is 2.92. The van der Waals surface area contributed by atoms with Gasteiger partial charge in [0.2, 0.25) is 0 Å². The normalized spacial score (nSPS) is 13.5. The molecule has 0 saturated carbocycles. The Morgan fingerprint density at radius 2 is 1.50 bits per heavy atom. The molecule has 0 unspecified atom stereocenters. The van der Waals surface area contributed by atoms with Crippen molar-refractivity contribution in [1.82, 2.24) is 0 Å². The highest BCUT2D eigenvalue weighted by Gasteiger charge is 2.36. The van der Waals surface area contributed by atoms with Crippen LogP contribution < -0.4 is 4.90 Å². The Hall–Kier alpha value is -2.95. The van der Waals surface area contributed by atoms with Gasteiger partial charge >= 0.3 is 0 Å². The lowest BCUT2D eigenvalue weighted by Crippen LogP contribution is -2.29. The van der Waals surface area contributed by atoms with Crippen LogP contribution in [0, 0.1) is 6.92 Å². The van der Waals surface area contributed by atoms with Crippen LogP contribution in [0.1, 0.15) is 31.8 Å². The molecular weight excluding hydrogens is 395 g/mol. The van der Waals surface area contributed by atoms with Gasteiger partial charge in [-0.3, -0.25) is 14.6 Å². The van der Waals surface area contributed by atoms with E-state index in [0.29, 0.717) is 38.1 Å². The Morgan fingerprint density at radius 1 is 0.857 bits per heavy atom. The summed E-state index contributed by atoms with van der Waals surface area (Å²) in [6.45, 7) is 1.95. The van der Waals surface area contributed by atoms with Gasteiger partial charge in [0.15, 0.2) is 0 Å². The molecule has 0 fully saturated rings. The van der Waals surface area contributed by atoms with Crippen LogP contribution in [0.2, 0.25) is 10.0 Å². The smallest absolute Gasteiger partial charge is 0.266 e. The molecule has 28 heavy (non-hydrogen) atoms. The summed E-state index contributed by atoms with van der Waals surface area (Å²) in [5.41, 5.74) is 3.40. The largest absolute Gasteiger partial charge is 0.268 e. The second-order valence-corrected chi connectivity index (χ2v) is 7.22. The Morgan fingerprint density at radius 3 is 2.18 bits per heavy atom. The van der Waals surface area contributed by atoms with E-state index in [1.807, 2.05) is 19.1 Å². The fraction of sp³-hybridized carbons (Fsp3) is 0.0455. The zero-order valence-corrected chi connectivity index (χ0v) is 16.3. The molecule has 3 aromatic rings. The fourth-order valence-electron chi connectivity index (χ4n) is 3.01. The van der Waals surface area contributed by atoms with Crippen LogP contribution >= 0.6 is 23.2 Å². The van der Waals surface area contributed by atoms with Gasteiger partial charge in [0, 0.05) is 11.8 Å². The maximum absolute atomic E-state index is 12.8. The summed E-state index contributed by atoms with van der Waals surface area (Å²) in [4.78, 5) is 31.1. The number of hydrogen-bond acceptors (Lipinski definition) is 3. The summed E-state index contributed by atoms with van der Waals surface area (Å²) in [5.74, 6) is -0.704. The molecule has 2 amide bonds. The van der Waals surface area contributed by atoms with E-state index in [2.05, 4.69) is 4.99 Å². The molecule has 138 valence electrons. The topological polar surface area (TPSA) is 49.7 Å². The Bertz CT molecular complexity index is 1120. The van der Waals surface area contributed by atoms with Crippen LogP contribution in [0.3, 0.4) is 0 Å². The number of carbonyl (C=O) groups is 2. The minimum absolute atomic E-state index is 0.325. The molecule has 0 aromatic heterocycles. The predicted molar refractivity (Wildman–Crippen MR) is 112 cm³/mol. The molecule has 4 rings (SSSR count). The van der Waals surface area contributed by atoms with Crippen molar-refractivity contribution in [2.24, 2.45) is 4.99 Å². The highest BCUT2D eigenvalue weighted by atomic mass is 35.5. The highest BCUT2D eigenvalue weighted by Crippen LogP contribution is 2.31. The van der Waals surface area contributed by atoms with Gasteiger partial charge in [0.1, 0.15) is 0 Å². The van der Waals surface area contributed by atoms with Gasteiger partial charge in [-0.1, -0.05) is 47.0 Å². The molecule has 0 spiro atoms. The molecule has 0 radical (unpaired) electrons. The Labute approximate surface area is 172 Å². The monoisotopic (exact) mass is 408 g/mol. The van der Waals surface area contributed by atoms with Crippen molar-refractivity contribution >= 4 is 52.6 Å². The quantitative estimate of drug-likeness (QED) is 0.402. The van der Waals surface area contributed by atoms with Crippen molar-refractivity contribution in [3.8, 4) is 0 Å². The first-order chi connectivity index (χ1) is 13.5. The summed E-state index contributed by atoms with van der Waals surface area (Å²) >= 11 is 12.3. The molecule has 0 bridgehead atoms. The summed E-state index contributed by atoms with van der Waals surface area (Å²) < 4.78 is 0. The minimum Gasteiger partial charge on any atom is -0.268 e. The van der Waals surface area contributed by atoms with Gasteiger partial charge < -0.3 is 0 Å². The van der Waals surface area contributed by atoms with Crippen molar-refractivity contribution in [3.05, 3.63) is 93.0 Å². The molecule has 0 aliphatic carbocycles.